The Morgan fingerprint density at radius 3 is 2.73 bits per heavy atom. The zero-order valence-electron chi connectivity index (χ0n) is 17.9. The molecule has 5 nitrogen and oxygen atoms in total. The van der Waals surface area contributed by atoms with E-state index in [2.05, 4.69) is 23.7 Å². The van der Waals surface area contributed by atoms with Crippen molar-refractivity contribution in [2.75, 3.05) is 13.1 Å². The second-order valence-corrected chi connectivity index (χ2v) is 9.83. The highest BCUT2D eigenvalue weighted by Crippen LogP contribution is 2.33. The SMILES string of the molecule is CC(C)CCN(Cc1nc2sc3c(c2c(=O)[nH]1)CCCC3)CC(O)c1ccccc1. The molecule has 0 radical (unpaired) electrons. The number of fused-ring (bicyclic) bond motifs is 3. The van der Waals surface area contributed by atoms with Crippen molar-refractivity contribution in [3.63, 3.8) is 0 Å². The van der Waals surface area contributed by atoms with E-state index in [1.807, 2.05) is 30.3 Å². The number of nitrogens with zero attached hydrogens (tertiary/aromatic N) is 2. The van der Waals surface area contributed by atoms with Gasteiger partial charge in [0.25, 0.3) is 5.56 Å². The van der Waals surface area contributed by atoms with Crippen molar-refractivity contribution >= 4 is 21.6 Å². The van der Waals surface area contributed by atoms with Gasteiger partial charge in [0.1, 0.15) is 10.7 Å². The summed E-state index contributed by atoms with van der Waals surface area (Å²) in [5, 5.41) is 11.5. The Labute approximate surface area is 181 Å². The molecule has 1 atom stereocenters. The Morgan fingerprint density at radius 1 is 1.20 bits per heavy atom. The molecule has 2 aromatic heterocycles. The predicted molar refractivity (Wildman–Crippen MR) is 123 cm³/mol. The van der Waals surface area contributed by atoms with Crippen LogP contribution in [0.3, 0.4) is 0 Å². The highest BCUT2D eigenvalue weighted by Gasteiger charge is 2.21. The number of aryl methyl sites for hydroxylation is 2. The molecule has 1 unspecified atom stereocenters. The number of aliphatic hydroxyl groups is 1. The van der Waals surface area contributed by atoms with Crippen molar-refractivity contribution in [2.24, 2.45) is 5.92 Å². The van der Waals surface area contributed by atoms with E-state index < -0.39 is 6.10 Å². The lowest BCUT2D eigenvalue weighted by Gasteiger charge is -2.25. The fourth-order valence-electron chi connectivity index (χ4n) is 4.20. The summed E-state index contributed by atoms with van der Waals surface area (Å²) >= 11 is 1.69. The third-order valence-corrected chi connectivity index (χ3v) is 7.07. The van der Waals surface area contributed by atoms with Crippen molar-refractivity contribution in [2.45, 2.75) is 58.6 Å². The first-order chi connectivity index (χ1) is 14.5. The number of nitrogens with one attached hydrogen (secondary N) is 1. The molecule has 4 rings (SSSR count). The molecule has 0 spiro atoms. The summed E-state index contributed by atoms with van der Waals surface area (Å²) in [6, 6.07) is 9.75. The van der Waals surface area contributed by atoms with Crippen LogP contribution in [0.2, 0.25) is 0 Å². The van der Waals surface area contributed by atoms with Crippen molar-refractivity contribution < 1.29 is 5.11 Å². The Morgan fingerprint density at radius 2 is 1.97 bits per heavy atom. The fourth-order valence-corrected chi connectivity index (χ4v) is 5.48. The highest BCUT2D eigenvalue weighted by molar-refractivity contribution is 7.18. The minimum absolute atomic E-state index is 0.0122. The zero-order chi connectivity index (χ0) is 21.1. The van der Waals surface area contributed by atoms with Gasteiger partial charge in [-0.25, -0.2) is 4.98 Å². The third-order valence-electron chi connectivity index (χ3n) is 5.89. The molecule has 30 heavy (non-hydrogen) atoms. The first-order valence-corrected chi connectivity index (χ1v) is 11.8. The molecule has 2 N–H and O–H groups in total. The minimum atomic E-state index is -0.567. The molecule has 0 saturated heterocycles. The van der Waals surface area contributed by atoms with E-state index in [4.69, 9.17) is 4.98 Å². The highest BCUT2D eigenvalue weighted by atomic mass is 32.1. The normalized spacial score (nSPS) is 15.1. The average molecular weight is 426 g/mol. The summed E-state index contributed by atoms with van der Waals surface area (Å²) in [6.45, 7) is 6.30. The number of aromatic amines is 1. The number of aromatic nitrogens is 2. The van der Waals surface area contributed by atoms with Gasteiger partial charge in [0.2, 0.25) is 0 Å². The molecule has 0 bridgehead atoms. The van der Waals surface area contributed by atoms with Crippen LogP contribution in [0.4, 0.5) is 0 Å². The lowest BCUT2D eigenvalue weighted by Crippen LogP contribution is -2.31. The summed E-state index contributed by atoms with van der Waals surface area (Å²) in [7, 11) is 0. The van der Waals surface area contributed by atoms with E-state index in [-0.39, 0.29) is 5.56 Å². The monoisotopic (exact) mass is 425 g/mol. The number of rotatable bonds is 8. The van der Waals surface area contributed by atoms with Gasteiger partial charge in [0.05, 0.1) is 18.0 Å². The van der Waals surface area contributed by atoms with Crippen LogP contribution in [-0.4, -0.2) is 33.1 Å². The molecular formula is C24H31N3O2S. The molecule has 3 aromatic rings. The topological polar surface area (TPSA) is 69.2 Å². The van der Waals surface area contributed by atoms with Gasteiger partial charge in [-0.1, -0.05) is 44.2 Å². The van der Waals surface area contributed by atoms with Crippen LogP contribution in [0.5, 0.6) is 0 Å². The minimum Gasteiger partial charge on any atom is -0.387 e. The van der Waals surface area contributed by atoms with Crippen LogP contribution in [0.1, 0.15) is 61.0 Å². The van der Waals surface area contributed by atoms with Crippen LogP contribution >= 0.6 is 11.3 Å². The van der Waals surface area contributed by atoms with Gasteiger partial charge in [0.15, 0.2) is 0 Å². The average Bonchev–Trinajstić information content (AvgIpc) is 3.11. The van der Waals surface area contributed by atoms with Gasteiger partial charge in [-0.05, 0) is 55.7 Å². The second kappa shape index (κ2) is 9.41. The number of aliphatic hydroxyl groups excluding tert-OH is 1. The van der Waals surface area contributed by atoms with E-state index in [1.54, 1.807) is 11.3 Å². The smallest absolute Gasteiger partial charge is 0.259 e. The number of hydrogen-bond acceptors (Lipinski definition) is 5. The van der Waals surface area contributed by atoms with E-state index in [0.717, 1.165) is 48.0 Å². The van der Waals surface area contributed by atoms with Crippen LogP contribution in [0, 0.1) is 5.92 Å². The summed E-state index contributed by atoms with van der Waals surface area (Å²) in [5.74, 6) is 1.26. The maximum absolute atomic E-state index is 12.9. The van der Waals surface area contributed by atoms with Crippen molar-refractivity contribution in [1.82, 2.24) is 14.9 Å². The van der Waals surface area contributed by atoms with Crippen molar-refractivity contribution in [3.8, 4) is 0 Å². The van der Waals surface area contributed by atoms with Gasteiger partial charge in [-0.3, -0.25) is 9.69 Å². The van der Waals surface area contributed by atoms with Crippen LogP contribution in [-0.2, 0) is 19.4 Å². The fraction of sp³-hybridized carbons (Fsp3) is 0.500. The largest absolute Gasteiger partial charge is 0.387 e. The lowest BCUT2D eigenvalue weighted by atomic mass is 9.97. The molecular weight excluding hydrogens is 394 g/mol. The first kappa shape index (κ1) is 21.2. The lowest BCUT2D eigenvalue weighted by molar-refractivity contribution is 0.104. The maximum Gasteiger partial charge on any atom is 0.259 e. The number of benzene rings is 1. The molecule has 0 amide bonds. The molecule has 0 fully saturated rings. The zero-order valence-corrected chi connectivity index (χ0v) is 18.7. The number of thiophene rings is 1. The number of H-pyrrole nitrogens is 1. The molecule has 6 heteroatoms. The van der Waals surface area contributed by atoms with E-state index in [0.29, 0.717) is 24.8 Å². The van der Waals surface area contributed by atoms with Gasteiger partial charge in [0, 0.05) is 11.4 Å². The maximum atomic E-state index is 12.9. The van der Waals surface area contributed by atoms with Crippen LogP contribution in [0.25, 0.3) is 10.2 Å². The van der Waals surface area contributed by atoms with Gasteiger partial charge >= 0.3 is 0 Å². The number of hydrogen-bond donors (Lipinski definition) is 2. The summed E-state index contributed by atoms with van der Waals surface area (Å²) < 4.78 is 0. The summed E-state index contributed by atoms with van der Waals surface area (Å²) in [4.78, 5) is 25.1. The quantitative estimate of drug-likeness (QED) is 0.560. The summed E-state index contributed by atoms with van der Waals surface area (Å²) in [5.41, 5.74) is 2.12. The Kier molecular flexibility index (Phi) is 6.66. The van der Waals surface area contributed by atoms with Crippen molar-refractivity contribution in [1.29, 1.82) is 0 Å². The van der Waals surface area contributed by atoms with E-state index >= 15 is 0 Å². The van der Waals surface area contributed by atoms with Gasteiger partial charge < -0.3 is 10.1 Å². The first-order valence-electron chi connectivity index (χ1n) is 11.0. The Hall–Kier alpha value is -2.02. The van der Waals surface area contributed by atoms with Gasteiger partial charge in [-0.2, -0.15) is 0 Å². The summed E-state index contributed by atoms with van der Waals surface area (Å²) in [6.07, 6.45) is 4.87. The Balaban J connectivity index is 1.57. The Bertz CT molecular complexity index is 1040. The van der Waals surface area contributed by atoms with E-state index in [1.165, 1.54) is 16.9 Å². The third kappa shape index (κ3) is 4.82. The van der Waals surface area contributed by atoms with Gasteiger partial charge in [-0.15, -0.1) is 11.3 Å². The molecule has 2 heterocycles. The molecule has 1 aliphatic rings. The van der Waals surface area contributed by atoms with Crippen LogP contribution < -0.4 is 5.56 Å². The standard InChI is InChI=1S/C24H31N3O2S/c1-16(2)12-13-27(14-19(28)17-8-4-3-5-9-17)15-21-25-23(29)22-18-10-6-7-11-20(18)30-24(22)26-21/h3-5,8-9,16,19,28H,6-7,10-15H2,1-2H3,(H,25,26,29). The molecule has 0 aliphatic heterocycles. The predicted octanol–water partition coefficient (Wildman–Crippen LogP) is 4.45. The van der Waals surface area contributed by atoms with Crippen LogP contribution in [0.15, 0.2) is 35.1 Å². The molecule has 0 saturated carbocycles. The molecule has 1 aliphatic carbocycles. The second-order valence-electron chi connectivity index (χ2n) is 8.75. The van der Waals surface area contributed by atoms with Crippen molar-refractivity contribution in [3.05, 3.63) is 62.5 Å². The van der Waals surface area contributed by atoms with E-state index in [9.17, 15) is 9.90 Å². The molecule has 1 aromatic carbocycles. The molecule has 160 valence electrons.